The van der Waals surface area contributed by atoms with Crippen molar-refractivity contribution >= 4 is 17.2 Å². The molecule has 1 atom stereocenters. The number of ether oxygens (including phenoxy) is 2. The first-order valence-corrected chi connectivity index (χ1v) is 7.03. The number of para-hydroxylation sites is 2. The fourth-order valence-corrected chi connectivity index (χ4v) is 2.21. The predicted octanol–water partition coefficient (Wildman–Crippen LogP) is 2.42. The molecule has 23 heavy (non-hydrogen) atoms. The molecule has 0 fully saturated rings. The summed E-state index contributed by atoms with van der Waals surface area (Å²) in [6, 6.07) is 13.1. The lowest BCUT2D eigenvalue weighted by molar-refractivity contribution is -0.384. The molecular weight excluding hydrogens is 300 g/mol. The van der Waals surface area contributed by atoms with E-state index in [1.54, 1.807) is 30.3 Å². The quantitative estimate of drug-likeness (QED) is 0.673. The maximum atomic E-state index is 12.2. The average Bonchev–Trinajstić information content (AvgIpc) is 2.59. The molecule has 118 valence electrons. The number of nitro benzene ring substituents is 1. The third-order valence-electron chi connectivity index (χ3n) is 3.39. The molecule has 0 spiro atoms. The fraction of sp³-hybridized carbons (Fsp3) is 0.188. The minimum absolute atomic E-state index is 0.00262. The van der Waals surface area contributed by atoms with E-state index in [4.69, 9.17) is 9.47 Å². The topological polar surface area (TPSA) is 90.7 Å². The van der Waals surface area contributed by atoms with Crippen LogP contribution in [0.15, 0.2) is 48.5 Å². The second-order valence-corrected chi connectivity index (χ2v) is 4.99. The third kappa shape index (κ3) is 3.39. The van der Waals surface area contributed by atoms with Gasteiger partial charge in [0, 0.05) is 17.8 Å². The number of hydrogen-bond donors (Lipinski definition) is 1. The molecule has 0 aliphatic carbocycles. The summed E-state index contributed by atoms with van der Waals surface area (Å²) in [5.74, 6) is 0.960. The van der Waals surface area contributed by atoms with Gasteiger partial charge in [0.1, 0.15) is 6.61 Å². The third-order valence-corrected chi connectivity index (χ3v) is 3.39. The fourth-order valence-electron chi connectivity index (χ4n) is 2.21. The normalized spacial score (nSPS) is 15.7. The highest BCUT2D eigenvalue weighted by atomic mass is 16.6. The van der Waals surface area contributed by atoms with Gasteiger partial charge in [0.15, 0.2) is 23.4 Å². The molecule has 2 aromatic carbocycles. The van der Waals surface area contributed by atoms with Crippen LogP contribution in [0.1, 0.15) is 0 Å². The number of anilines is 1. The van der Waals surface area contributed by atoms with Crippen molar-refractivity contribution in [2.45, 2.75) is 6.10 Å². The number of hydrogen-bond acceptors (Lipinski definition) is 6. The summed E-state index contributed by atoms with van der Waals surface area (Å²) in [7, 11) is 0. The summed E-state index contributed by atoms with van der Waals surface area (Å²) in [4.78, 5) is 22.4. The van der Waals surface area contributed by atoms with Crippen molar-refractivity contribution in [3.63, 3.8) is 0 Å². The number of ketones is 1. The Balaban J connectivity index is 1.60. The largest absolute Gasteiger partial charge is 0.485 e. The Hall–Kier alpha value is -3.09. The summed E-state index contributed by atoms with van der Waals surface area (Å²) >= 11 is 0. The summed E-state index contributed by atoms with van der Waals surface area (Å²) < 4.78 is 11.1. The van der Waals surface area contributed by atoms with E-state index >= 15 is 0 Å². The minimum Gasteiger partial charge on any atom is -0.485 e. The zero-order valence-corrected chi connectivity index (χ0v) is 12.1. The Labute approximate surface area is 132 Å². The van der Waals surface area contributed by atoms with Crippen molar-refractivity contribution < 1.29 is 19.2 Å². The second-order valence-electron chi connectivity index (χ2n) is 4.99. The van der Waals surface area contributed by atoms with Gasteiger partial charge in [-0.15, -0.1) is 0 Å². The number of nitrogens with one attached hydrogen (secondary N) is 1. The molecule has 2 aromatic rings. The Morgan fingerprint density at radius 2 is 2.00 bits per heavy atom. The first-order chi connectivity index (χ1) is 11.1. The lowest BCUT2D eigenvalue weighted by Crippen LogP contribution is -2.39. The molecule has 1 N–H and O–H groups in total. The number of fused-ring (bicyclic) bond motifs is 1. The van der Waals surface area contributed by atoms with E-state index in [-0.39, 0.29) is 24.6 Å². The SMILES string of the molecule is O=C(CNc1cccc([N+](=O)[O-])c1)C1COc2ccccc2O1. The zero-order chi connectivity index (χ0) is 16.2. The van der Waals surface area contributed by atoms with Gasteiger partial charge in [0.2, 0.25) is 0 Å². The highest BCUT2D eigenvalue weighted by molar-refractivity contribution is 5.88. The lowest BCUT2D eigenvalue weighted by atomic mass is 10.2. The van der Waals surface area contributed by atoms with Crippen LogP contribution in [0.25, 0.3) is 0 Å². The van der Waals surface area contributed by atoms with Crippen molar-refractivity contribution in [2.75, 3.05) is 18.5 Å². The van der Waals surface area contributed by atoms with Crippen LogP contribution in [0.3, 0.4) is 0 Å². The second kappa shape index (κ2) is 6.35. The first kappa shape index (κ1) is 14.8. The summed E-state index contributed by atoms with van der Waals surface area (Å²) in [6.07, 6.45) is -0.698. The van der Waals surface area contributed by atoms with Crippen molar-refractivity contribution in [3.8, 4) is 11.5 Å². The van der Waals surface area contributed by atoms with Crippen LogP contribution in [0.5, 0.6) is 11.5 Å². The Morgan fingerprint density at radius 3 is 2.78 bits per heavy atom. The van der Waals surface area contributed by atoms with Gasteiger partial charge >= 0.3 is 0 Å². The Morgan fingerprint density at radius 1 is 1.22 bits per heavy atom. The van der Waals surface area contributed by atoms with Crippen molar-refractivity contribution in [2.24, 2.45) is 0 Å². The van der Waals surface area contributed by atoms with E-state index in [0.717, 1.165) is 0 Å². The summed E-state index contributed by atoms with van der Waals surface area (Å²) in [5, 5.41) is 13.6. The molecule has 0 saturated heterocycles. The molecular formula is C16H14N2O5. The van der Waals surface area contributed by atoms with Crippen LogP contribution in [0.4, 0.5) is 11.4 Å². The van der Waals surface area contributed by atoms with Crippen molar-refractivity contribution in [1.29, 1.82) is 0 Å². The maximum absolute atomic E-state index is 12.2. The minimum atomic E-state index is -0.698. The van der Waals surface area contributed by atoms with E-state index in [1.807, 2.05) is 6.07 Å². The average molecular weight is 314 g/mol. The number of carbonyl (C=O) groups is 1. The molecule has 7 heteroatoms. The number of rotatable bonds is 5. The van der Waals surface area contributed by atoms with E-state index in [1.165, 1.54) is 12.1 Å². The maximum Gasteiger partial charge on any atom is 0.271 e. The van der Waals surface area contributed by atoms with Crippen molar-refractivity contribution in [1.82, 2.24) is 0 Å². The van der Waals surface area contributed by atoms with E-state index in [9.17, 15) is 14.9 Å². The molecule has 0 radical (unpaired) electrons. The van der Waals surface area contributed by atoms with Crippen LogP contribution in [-0.4, -0.2) is 30.0 Å². The molecule has 1 aliphatic rings. The van der Waals surface area contributed by atoms with Gasteiger partial charge in [0.05, 0.1) is 11.5 Å². The number of nitro groups is 1. The van der Waals surface area contributed by atoms with Crippen LogP contribution in [0.2, 0.25) is 0 Å². The van der Waals surface area contributed by atoms with Gasteiger partial charge in [-0.3, -0.25) is 14.9 Å². The zero-order valence-electron chi connectivity index (χ0n) is 12.1. The van der Waals surface area contributed by atoms with Crippen molar-refractivity contribution in [3.05, 3.63) is 58.6 Å². The summed E-state index contributed by atoms with van der Waals surface area (Å²) in [5.41, 5.74) is 0.471. The Bertz CT molecular complexity index is 747. The van der Waals surface area contributed by atoms with Gasteiger partial charge in [-0.05, 0) is 18.2 Å². The molecule has 1 aliphatic heterocycles. The van der Waals surface area contributed by atoms with E-state index in [2.05, 4.69) is 5.32 Å². The molecule has 0 amide bonds. The number of nitrogens with zero attached hydrogens (tertiary/aromatic N) is 1. The highest BCUT2D eigenvalue weighted by Crippen LogP contribution is 2.31. The monoisotopic (exact) mass is 314 g/mol. The van der Waals surface area contributed by atoms with Crippen LogP contribution >= 0.6 is 0 Å². The molecule has 0 saturated carbocycles. The van der Waals surface area contributed by atoms with Gasteiger partial charge in [-0.1, -0.05) is 18.2 Å². The van der Waals surface area contributed by atoms with E-state index in [0.29, 0.717) is 17.2 Å². The molecule has 0 aromatic heterocycles. The molecule has 0 bridgehead atoms. The van der Waals surface area contributed by atoms with Crippen LogP contribution < -0.4 is 14.8 Å². The highest BCUT2D eigenvalue weighted by Gasteiger charge is 2.26. The number of Topliss-reactive ketones (excluding diaryl/α,β-unsaturated/α-hetero) is 1. The van der Waals surface area contributed by atoms with Gasteiger partial charge in [0.25, 0.3) is 5.69 Å². The summed E-state index contributed by atoms with van der Waals surface area (Å²) in [6.45, 7) is 0.143. The number of benzene rings is 2. The van der Waals surface area contributed by atoms with Gasteiger partial charge in [-0.2, -0.15) is 0 Å². The number of non-ortho nitro benzene ring substituents is 1. The van der Waals surface area contributed by atoms with Crippen LogP contribution in [0, 0.1) is 10.1 Å². The van der Waals surface area contributed by atoms with Gasteiger partial charge in [-0.25, -0.2) is 0 Å². The molecule has 1 heterocycles. The predicted molar refractivity (Wildman–Crippen MR) is 82.9 cm³/mol. The van der Waals surface area contributed by atoms with E-state index < -0.39 is 11.0 Å². The lowest BCUT2D eigenvalue weighted by Gasteiger charge is -2.25. The molecule has 7 nitrogen and oxygen atoms in total. The van der Waals surface area contributed by atoms with Crippen LogP contribution in [-0.2, 0) is 4.79 Å². The first-order valence-electron chi connectivity index (χ1n) is 7.03. The molecule has 1 unspecified atom stereocenters. The van der Waals surface area contributed by atoms with Gasteiger partial charge < -0.3 is 14.8 Å². The molecule has 3 rings (SSSR count). The smallest absolute Gasteiger partial charge is 0.271 e. The standard InChI is InChI=1S/C16H14N2O5/c19-13(9-17-11-4-3-5-12(8-11)18(20)21)16-10-22-14-6-1-2-7-15(14)23-16/h1-8,16-17H,9-10H2. The number of carbonyl (C=O) groups excluding carboxylic acids is 1. The Kier molecular flexibility index (Phi) is 4.09.